The van der Waals surface area contributed by atoms with Gasteiger partial charge in [-0.2, -0.15) is 11.8 Å². The Bertz CT molecular complexity index is 1810. The molecule has 2 aromatic carbocycles. The lowest BCUT2D eigenvalue weighted by molar-refractivity contribution is -0.223. The molecule has 3 aromatic rings. The predicted octanol–water partition coefficient (Wildman–Crippen LogP) is 8.49. The summed E-state index contributed by atoms with van der Waals surface area (Å²) < 4.78 is 20.7. The molecule has 2 heterocycles. The summed E-state index contributed by atoms with van der Waals surface area (Å²) in [5.41, 5.74) is 3.95. The van der Waals surface area contributed by atoms with E-state index >= 15 is 0 Å². The number of aliphatic hydroxyl groups is 2. The number of aromatic nitrogens is 2. The van der Waals surface area contributed by atoms with E-state index in [1.807, 2.05) is 51.2 Å². The SMILES string of the molecule is C=CCOC12Oc3ccc(Oc4cccc(C=O)c4)cc3C3C(CCCCO)C(CCCCO)C=C(C(=NOC(C)(C)C)CC1SCCc1cnccn1)C32. The number of unbranched alkanes of at least 4 members (excludes halogenated alkanes) is 2. The van der Waals surface area contributed by atoms with Crippen molar-refractivity contribution in [3.8, 4) is 17.2 Å². The highest BCUT2D eigenvalue weighted by Crippen LogP contribution is 2.62. The second-order valence-electron chi connectivity index (χ2n) is 15.6. The van der Waals surface area contributed by atoms with Crippen LogP contribution in [0.15, 0.2) is 90.5 Å². The zero-order valence-electron chi connectivity index (χ0n) is 32.3. The summed E-state index contributed by atoms with van der Waals surface area (Å²) in [6.07, 6.45) is 16.5. The Balaban J connectivity index is 1.52. The first-order valence-corrected chi connectivity index (χ1v) is 20.6. The molecule has 6 unspecified atom stereocenters. The number of aryl methyl sites for hydroxylation is 1. The van der Waals surface area contributed by atoms with Crippen LogP contribution in [0.4, 0.5) is 0 Å². The summed E-state index contributed by atoms with van der Waals surface area (Å²) in [7, 11) is 0. The molecule has 55 heavy (non-hydrogen) atoms. The van der Waals surface area contributed by atoms with Crippen LogP contribution in [0.1, 0.15) is 93.3 Å². The standard InChI is InChI=1S/C44H55N3O7S/c1-5-22-51-44-40(55-23-17-32-28-45-18-19-46-32)27-38(47-54-43(2,3)4)36-25-31(12-6-8-20-48)35(14-7-9-21-49)41(42(36)44)37-26-34(15-16-39(37)53-44)52-33-13-10-11-30(24-33)29-50/h5,10-11,13,15-16,18-19,24-26,28-29,31,35,40-42,48-49H,1,6-9,12,14,17,20-23,27H2,2-4H3. The number of benzene rings is 2. The van der Waals surface area contributed by atoms with Crippen molar-refractivity contribution in [3.63, 3.8) is 0 Å². The minimum atomic E-state index is -1.07. The van der Waals surface area contributed by atoms with Gasteiger partial charge in [0.05, 0.1) is 29.2 Å². The molecule has 1 saturated carbocycles. The summed E-state index contributed by atoms with van der Waals surface area (Å²) in [5, 5.41) is 24.4. The molecule has 0 spiro atoms. The number of carbonyl (C=O) groups is 1. The van der Waals surface area contributed by atoms with Crippen molar-refractivity contribution >= 4 is 23.8 Å². The molecule has 0 amide bonds. The Morgan fingerprint density at radius 3 is 2.58 bits per heavy atom. The minimum absolute atomic E-state index is 0.0699. The monoisotopic (exact) mass is 769 g/mol. The molecule has 11 heteroatoms. The smallest absolute Gasteiger partial charge is 0.230 e. The van der Waals surface area contributed by atoms with E-state index in [1.165, 1.54) is 0 Å². The quantitative estimate of drug-likeness (QED) is 0.0530. The van der Waals surface area contributed by atoms with E-state index in [0.29, 0.717) is 36.5 Å². The predicted molar refractivity (Wildman–Crippen MR) is 216 cm³/mol. The number of carbonyl (C=O) groups excluding carboxylic acids is 1. The van der Waals surface area contributed by atoms with Crippen molar-refractivity contribution in [2.45, 2.75) is 94.7 Å². The van der Waals surface area contributed by atoms with Crippen LogP contribution >= 0.6 is 11.8 Å². The number of ether oxygens (including phenoxy) is 3. The van der Waals surface area contributed by atoms with Crippen LogP contribution in [0.3, 0.4) is 0 Å². The summed E-state index contributed by atoms with van der Waals surface area (Å²) in [6.45, 7) is 10.6. The van der Waals surface area contributed by atoms with Crippen molar-refractivity contribution in [1.82, 2.24) is 9.97 Å². The average molecular weight is 770 g/mol. The highest BCUT2D eigenvalue weighted by molar-refractivity contribution is 8.00. The third-order valence-corrected chi connectivity index (χ3v) is 11.9. The molecule has 2 N–H and O–H groups in total. The summed E-state index contributed by atoms with van der Waals surface area (Å²) in [5.74, 6) is 1.65. The van der Waals surface area contributed by atoms with E-state index in [0.717, 1.165) is 78.9 Å². The van der Waals surface area contributed by atoms with Gasteiger partial charge in [0.25, 0.3) is 0 Å². The number of oxime groups is 1. The van der Waals surface area contributed by atoms with E-state index in [9.17, 15) is 15.0 Å². The molecule has 1 aliphatic heterocycles. The third kappa shape index (κ3) is 9.68. The van der Waals surface area contributed by atoms with Crippen molar-refractivity contribution in [1.29, 1.82) is 0 Å². The molecule has 294 valence electrons. The molecular weight excluding hydrogens is 715 g/mol. The normalized spacial score (nSPS) is 24.9. The van der Waals surface area contributed by atoms with Gasteiger partial charge in [0.1, 0.15) is 29.1 Å². The molecule has 1 aromatic heterocycles. The molecule has 6 rings (SSSR count). The fourth-order valence-corrected chi connectivity index (χ4v) is 9.67. The number of hydrogen-bond donors (Lipinski definition) is 2. The van der Waals surface area contributed by atoms with Crippen molar-refractivity contribution in [3.05, 3.63) is 102 Å². The van der Waals surface area contributed by atoms with Gasteiger partial charge in [0.2, 0.25) is 5.79 Å². The highest BCUT2D eigenvalue weighted by Gasteiger charge is 2.64. The molecule has 6 atom stereocenters. The van der Waals surface area contributed by atoms with Gasteiger partial charge in [-0.3, -0.25) is 14.8 Å². The Morgan fingerprint density at radius 1 is 1.05 bits per heavy atom. The van der Waals surface area contributed by atoms with Crippen LogP contribution in [0, 0.1) is 17.8 Å². The number of thioether (sulfide) groups is 1. The van der Waals surface area contributed by atoms with Crippen LogP contribution < -0.4 is 9.47 Å². The van der Waals surface area contributed by atoms with Gasteiger partial charge in [-0.25, -0.2) is 0 Å². The highest BCUT2D eigenvalue weighted by atomic mass is 32.2. The van der Waals surface area contributed by atoms with Gasteiger partial charge >= 0.3 is 0 Å². The Morgan fingerprint density at radius 2 is 1.85 bits per heavy atom. The van der Waals surface area contributed by atoms with Gasteiger partial charge in [0.15, 0.2) is 0 Å². The maximum Gasteiger partial charge on any atom is 0.230 e. The number of rotatable bonds is 19. The lowest BCUT2D eigenvalue weighted by Gasteiger charge is -2.58. The first-order chi connectivity index (χ1) is 26.7. The fourth-order valence-electron chi connectivity index (χ4n) is 8.28. The largest absolute Gasteiger partial charge is 0.460 e. The number of allylic oxidation sites excluding steroid dienone is 1. The Kier molecular flexibility index (Phi) is 13.8. The van der Waals surface area contributed by atoms with Gasteiger partial charge in [0, 0.05) is 61.7 Å². The maximum atomic E-state index is 11.6. The van der Waals surface area contributed by atoms with Crippen molar-refractivity contribution in [2.24, 2.45) is 22.9 Å². The van der Waals surface area contributed by atoms with Crippen molar-refractivity contribution in [2.75, 3.05) is 25.6 Å². The molecule has 10 nitrogen and oxygen atoms in total. The van der Waals surface area contributed by atoms with Crippen LogP contribution in [0.5, 0.6) is 17.2 Å². The second kappa shape index (κ2) is 18.7. The Labute approximate surface area is 329 Å². The molecule has 0 radical (unpaired) electrons. The summed E-state index contributed by atoms with van der Waals surface area (Å²) in [6, 6.07) is 13.1. The van der Waals surface area contributed by atoms with E-state index < -0.39 is 11.4 Å². The third-order valence-electron chi connectivity index (χ3n) is 10.6. The first kappa shape index (κ1) is 40.6. The molecule has 0 bridgehead atoms. The number of fused-ring (bicyclic) bond motifs is 2. The van der Waals surface area contributed by atoms with Crippen LogP contribution in [-0.4, -0.2) is 74.4 Å². The number of hydrogen-bond acceptors (Lipinski definition) is 11. The first-order valence-electron chi connectivity index (χ1n) is 19.6. The number of nitrogens with zero attached hydrogens (tertiary/aromatic N) is 3. The van der Waals surface area contributed by atoms with Crippen LogP contribution in [-0.2, 0) is 16.0 Å². The van der Waals surface area contributed by atoms with Crippen molar-refractivity contribution < 1.29 is 34.1 Å². The van der Waals surface area contributed by atoms with Crippen LogP contribution in [0.2, 0.25) is 0 Å². The zero-order chi connectivity index (χ0) is 38.8. The summed E-state index contributed by atoms with van der Waals surface area (Å²) >= 11 is 1.80. The zero-order valence-corrected chi connectivity index (χ0v) is 33.1. The van der Waals surface area contributed by atoms with Gasteiger partial charge in [-0.15, -0.1) is 6.58 Å². The molecule has 3 aliphatic rings. The second-order valence-corrected chi connectivity index (χ2v) is 16.9. The minimum Gasteiger partial charge on any atom is -0.460 e. The van der Waals surface area contributed by atoms with Gasteiger partial charge in [-0.05, 0) is 99.9 Å². The molecular formula is C44H55N3O7S. The van der Waals surface area contributed by atoms with Gasteiger partial charge < -0.3 is 29.3 Å². The fraction of sp³-hybridized carbons (Fsp3) is 0.500. The molecule has 0 saturated heterocycles. The number of aliphatic hydroxyl groups excluding tert-OH is 2. The van der Waals surface area contributed by atoms with E-state index in [2.05, 4.69) is 28.7 Å². The van der Waals surface area contributed by atoms with E-state index in [-0.39, 0.29) is 42.1 Å². The molecule has 2 aliphatic carbocycles. The number of aldehydes is 1. The lowest BCUT2D eigenvalue weighted by atomic mass is 9.56. The van der Waals surface area contributed by atoms with Gasteiger partial charge in [-0.1, -0.05) is 42.3 Å². The lowest BCUT2D eigenvalue weighted by Crippen LogP contribution is -2.64. The van der Waals surface area contributed by atoms with E-state index in [1.54, 1.807) is 42.4 Å². The van der Waals surface area contributed by atoms with Crippen LogP contribution in [0.25, 0.3) is 0 Å². The average Bonchev–Trinajstić information content (AvgIpc) is 3.18. The van der Waals surface area contributed by atoms with E-state index in [4.69, 9.17) is 24.2 Å². The topological polar surface area (TPSA) is 133 Å². The maximum absolute atomic E-state index is 11.6. The molecule has 1 fully saturated rings. The Hall–Kier alpha value is -4.03. The summed E-state index contributed by atoms with van der Waals surface area (Å²) in [4.78, 5) is 26.6.